The summed E-state index contributed by atoms with van der Waals surface area (Å²) in [6, 6.07) is 28.0. The Balaban J connectivity index is 1.46. The summed E-state index contributed by atoms with van der Waals surface area (Å²) < 4.78 is 6.10. The number of ketones is 1. The quantitative estimate of drug-likeness (QED) is 0.244. The van der Waals surface area contributed by atoms with Crippen molar-refractivity contribution in [3.63, 3.8) is 0 Å². The van der Waals surface area contributed by atoms with Crippen molar-refractivity contribution in [2.45, 2.75) is 59.5 Å². The molecule has 0 saturated carbocycles. The van der Waals surface area contributed by atoms with Crippen LogP contribution < -0.4 is 4.74 Å². The number of Topliss-reactive ketones (excluding diaryl/α,β-unsaturated/α-hetero) is 1. The van der Waals surface area contributed by atoms with Crippen molar-refractivity contribution in [3.8, 4) is 11.5 Å². The third-order valence-corrected chi connectivity index (χ3v) is 7.77. The number of phenols is 1. The van der Waals surface area contributed by atoms with Gasteiger partial charge in [0, 0.05) is 16.4 Å². The zero-order valence-electron chi connectivity index (χ0n) is 22.0. The van der Waals surface area contributed by atoms with Crippen molar-refractivity contribution in [1.29, 1.82) is 0 Å². The van der Waals surface area contributed by atoms with Crippen molar-refractivity contribution in [1.82, 2.24) is 0 Å². The molecule has 0 aliphatic rings. The molecule has 4 rings (SSSR count). The van der Waals surface area contributed by atoms with Crippen molar-refractivity contribution in [3.05, 3.63) is 107 Å². The first-order chi connectivity index (χ1) is 17.2. The van der Waals surface area contributed by atoms with Crippen LogP contribution in [0.5, 0.6) is 11.5 Å². The van der Waals surface area contributed by atoms with E-state index in [2.05, 4.69) is 51.1 Å². The minimum Gasteiger partial charge on any atom is -0.508 e. The molecule has 1 unspecified atom stereocenters. The molecule has 4 aromatic carbocycles. The highest BCUT2D eigenvalue weighted by Gasteiger charge is 2.27. The van der Waals surface area contributed by atoms with Gasteiger partial charge in [0.2, 0.25) is 0 Å². The maximum atomic E-state index is 12.8. The van der Waals surface area contributed by atoms with Crippen molar-refractivity contribution in [2.24, 2.45) is 5.41 Å². The van der Waals surface area contributed by atoms with E-state index in [0.29, 0.717) is 6.61 Å². The molecule has 0 aliphatic heterocycles. The fourth-order valence-electron chi connectivity index (χ4n) is 4.57. The van der Waals surface area contributed by atoms with E-state index in [1.54, 1.807) is 12.1 Å². The lowest BCUT2D eigenvalue weighted by molar-refractivity contribution is 0.0833. The summed E-state index contributed by atoms with van der Waals surface area (Å²) in [5.74, 6) is 1.29. The Kier molecular flexibility index (Phi) is 7.21. The molecule has 4 aromatic rings. The summed E-state index contributed by atoms with van der Waals surface area (Å²) in [6.07, 6.45) is 1.76. The molecule has 0 bridgehead atoms. The smallest absolute Gasteiger partial charge is 0.168 e. The molecule has 0 amide bonds. The third-order valence-electron chi connectivity index (χ3n) is 7.77. The van der Waals surface area contributed by atoms with Gasteiger partial charge >= 0.3 is 0 Å². The van der Waals surface area contributed by atoms with Gasteiger partial charge in [0.15, 0.2) is 5.78 Å². The van der Waals surface area contributed by atoms with Crippen LogP contribution in [-0.4, -0.2) is 10.9 Å². The number of aromatic hydroxyl groups is 1. The fourth-order valence-corrected chi connectivity index (χ4v) is 4.57. The predicted octanol–water partition coefficient (Wildman–Crippen LogP) is 8.46. The lowest BCUT2D eigenvalue weighted by Gasteiger charge is -2.30. The molecule has 36 heavy (non-hydrogen) atoms. The number of carbonyl (C=O) groups is 1. The van der Waals surface area contributed by atoms with E-state index < -0.39 is 0 Å². The second-order valence-electron chi connectivity index (χ2n) is 10.5. The van der Waals surface area contributed by atoms with Gasteiger partial charge < -0.3 is 9.84 Å². The zero-order valence-corrected chi connectivity index (χ0v) is 22.0. The molecule has 3 heteroatoms. The van der Waals surface area contributed by atoms with Crippen molar-refractivity contribution >= 4 is 16.6 Å². The first kappa shape index (κ1) is 25.5. The van der Waals surface area contributed by atoms with E-state index in [1.165, 1.54) is 11.1 Å². The van der Waals surface area contributed by atoms with Gasteiger partial charge in [0.25, 0.3) is 0 Å². The van der Waals surface area contributed by atoms with E-state index in [1.807, 2.05) is 56.3 Å². The zero-order chi connectivity index (χ0) is 25.9. The first-order valence-corrected chi connectivity index (χ1v) is 12.8. The molecule has 0 fully saturated rings. The minimum absolute atomic E-state index is 0.142. The SMILES string of the molecule is CCC(C)(C)C(=O)c1ccc2cc(COc3ccc(C(C)(CC)c4ccc(O)cc4)cc3)ccc2c1. The Morgan fingerprint density at radius 3 is 1.94 bits per heavy atom. The lowest BCUT2D eigenvalue weighted by atomic mass is 9.74. The molecule has 0 radical (unpaired) electrons. The van der Waals surface area contributed by atoms with Gasteiger partial charge in [-0.25, -0.2) is 0 Å². The van der Waals surface area contributed by atoms with Gasteiger partial charge in [0.05, 0.1) is 0 Å². The highest BCUT2D eigenvalue weighted by atomic mass is 16.5. The van der Waals surface area contributed by atoms with E-state index in [-0.39, 0.29) is 22.4 Å². The molecular formula is C33H36O3. The van der Waals surface area contributed by atoms with E-state index in [4.69, 9.17) is 4.74 Å². The Bertz CT molecular complexity index is 1350. The standard InChI is InChI=1S/C33H36O3/c1-6-32(3,4)31(35)26-11-10-24-20-23(8-9-25(24)21-26)22-36-30-18-14-28(15-19-30)33(5,7-2)27-12-16-29(34)17-13-27/h8-21,34H,6-7,22H2,1-5H3. The summed E-state index contributed by atoms with van der Waals surface area (Å²) >= 11 is 0. The first-order valence-electron chi connectivity index (χ1n) is 12.8. The number of fused-ring (bicyclic) bond motifs is 1. The number of ether oxygens (including phenoxy) is 1. The topological polar surface area (TPSA) is 46.5 Å². The highest BCUT2D eigenvalue weighted by molar-refractivity contribution is 6.03. The van der Waals surface area contributed by atoms with E-state index in [9.17, 15) is 9.90 Å². The van der Waals surface area contributed by atoms with Gasteiger partial charge in [-0.2, -0.15) is 0 Å². The van der Waals surface area contributed by atoms with Crippen LogP contribution in [0.15, 0.2) is 84.9 Å². The van der Waals surface area contributed by atoms with Crippen LogP contribution in [0.25, 0.3) is 10.8 Å². The molecule has 186 valence electrons. The number of phenolic OH excluding ortho intramolecular Hbond substituents is 1. The van der Waals surface area contributed by atoms with Crippen molar-refractivity contribution in [2.75, 3.05) is 0 Å². The van der Waals surface area contributed by atoms with Crippen LogP contribution in [0, 0.1) is 5.41 Å². The number of benzene rings is 4. The van der Waals surface area contributed by atoms with Gasteiger partial charge in [-0.05, 0) is 76.7 Å². The number of rotatable bonds is 9. The summed E-state index contributed by atoms with van der Waals surface area (Å²) in [4.78, 5) is 12.8. The summed E-state index contributed by atoms with van der Waals surface area (Å²) in [5.41, 5.74) is 3.75. The Labute approximate surface area is 214 Å². The van der Waals surface area contributed by atoms with Gasteiger partial charge in [0.1, 0.15) is 18.1 Å². The van der Waals surface area contributed by atoms with Crippen LogP contribution in [-0.2, 0) is 12.0 Å². The summed E-state index contributed by atoms with van der Waals surface area (Å²) in [7, 11) is 0. The summed E-state index contributed by atoms with van der Waals surface area (Å²) in [6.45, 7) is 10.9. The largest absolute Gasteiger partial charge is 0.508 e. The Morgan fingerprint density at radius 2 is 1.33 bits per heavy atom. The van der Waals surface area contributed by atoms with Crippen LogP contribution in [0.3, 0.4) is 0 Å². The maximum Gasteiger partial charge on any atom is 0.168 e. The molecule has 3 nitrogen and oxygen atoms in total. The number of carbonyl (C=O) groups excluding carboxylic acids is 1. The average molecular weight is 481 g/mol. The second-order valence-corrected chi connectivity index (χ2v) is 10.5. The van der Waals surface area contributed by atoms with E-state index >= 15 is 0 Å². The third kappa shape index (κ3) is 5.16. The second kappa shape index (κ2) is 10.2. The van der Waals surface area contributed by atoms with Crippen LogP contribution in [0.1, 0.15) is 74.5 Å². The van der Waals surface area contributed by atoms with Crippen LogP contribution >= 0.6 is 0 Å². The van der Waals surface area contributed by atoms with Crippen LogP contribution in [0.4, 0.5) is 0 Å². The van der Waals surface area contributed by atoms with E-state index in [0.717, 1.165) is 40.5 Å². The fraction of sp³-hybridized carbons (Fsp3) is 0.303. The normalized spacial score (nSPS) is 13.4. The van der Waals surface area contributed by atoms with Gasteiger partial charge in [-0.1, -0.05) is 83.1 Å². The predicted molar refractivity (Wildman–Crippen MR) is 148 cm³/mol. The minimum atomic E-state index is -0.352. The molecule has 0 aliphatic carbocycles. The molecule has 0 saturated heterocycles. The van der Waals surface area contributed by atoms with Gasteiger partial charge in [-0.3, -0.25) is 4.79 Å². The monoisotopic (exact) mass is 480 g/mol. The molecule has 0 heterocycles. The Morgan fingerprint density at radius 1 is 0.750 bits per heavy atom. The molecule has 1 N–H and O–H groups in total. The average Bonchev–Trinajstić information content (AvgIpc) is 2.91. The highest BCUT2D eigenvalue weighted by Crippen LogP contribution is 2.36. The number of hydrogen-bond donors (Lipinski definition) is 1. The Hall–Kier alpha value is -3.59. The van der Waals surface area contributed by atoms with Crippen molar-refractivity contribution < 1.29 is 14.6 Å². The summed E-state index contributed by atoms with van der Waals surface area (Å²) in [5, 5.41) is 11.8. The molecule has 1 atom stereocenters. The number of hydrogen-bond acceptors (Lipinski definition) is 3. The lowest BCUT2D eigenvalue weighted by Crippen LogP contribution is -2.23. The maximum absolute atomic E-state index is 12.8. The molecule has 0 spiro atoms. The molecule has 0 aromatic heterocycles. The van der Waals surface area contributed by atoms with Gasteiger partial charge in [-0.15, -0.1) is 0 Å². The molecular weight excluding hydrogens is 444 g/mol. The van der Waals surface area contributed by atoms with Crippen LogP contribution in [0.2, 0.25) is 0 Å².